The first-order chi connectivity index (χ1) is 14.7. The molecule has 1 aliphatic rings. The van der Waals surface area contributed by atoms with Crippen molar-refractivity contribution in [1.82, 2.24) is 10.1 Å². The number of anilines is 1. The van der Waals surface area contributed by atoms with Gasteiger partial charge in [-0.2, -0.15) is 0 Å². The summed E-state index contributed by atoms with van der Waals surface area (Å²) in [5.41, 5.74) is 4.20. The minimum atomic E-state index is -0.220. The summed E-state index contributed by atoms with van der Waals surface area (Å²) in [7, 11) is 0. The van der Waals surface area contributed by atoms with Gasteiger partial charge in [-0.1, -0.05) is 35.5 Å². The smallest absolute Gasteiger partial charge is 0.175 e. The van der Waals surface area contributed by atoms with Gasteiger partial charge in [0.1, 0.15) is 17.3 Å². The summed E-state index contributed by atoms with van der Waals surface area (Å²) in [4.78, 5) is 4.54. The molecule has 0 unspecified atom stereocenters. The van der Waals surface area contributed by atoms with Crippen LogP contribution in [0.4, 0.5) is 10.1 Å². The molecule has 1 N–H and O–H groups in total. The van der Waals surface area contributed by atoms with E-state index in [1.54, 1.807) is 6.07 Å². The quantitative estimate of drug-likeness (QED) is 0.537. The molecule has 152 valence electrons. The van der Waals surface area contributed by atoms with Crippen LogP contribution in [0.15, 0.2) is 71.3 Å². The van der Waals surface area contributed by atoms with E-state index in [-0.39, 0.29) is 11.6 Å². The van der Waals surface area contributed by atoms with Crippen molar-refractivity contribution in [3.63, 3.8) is 0 Å². The van der Waals surface area contributed by atoms with E-state index in [4.69, 9.17) is 4.52 Å². The van der Waals surface area contributed by atoms with Crippen LogP contribution < -0.4 is 4.90 Å². The Kier molecular flexibility index (Phi) is 4.85. The van der Waals surface area contributed by atoms with Crippen molar-refractivity contribution in [1.29, 1.82) is 0 Å². The van der Waals surface area contributed by atoms with Crippen LogP contribution in [0.25, 0.3) is 22.2 Å². The van der Waals surface area contributed by atoms with Gasteiger partial charge >= 0.3 is 0 Å². The molecular formula is C24H22FN3O2. The SMILES string of the molecule is Oc1ccc2c(-c3ccccc3)noc2c1CN1CCN(c2ccc(F)cc2)CC1. The highest BCUT2D eigenvalue weighted by Crippen LogP contribution is 2.34. The van der Waals surface area contributed by atoms with Gasteiger partial charge < -0.3 is 14.5 Å². The maximum Gasteiger partial charge on any atom is 0.175 e. The second kappa shape index (κ2) is 7.80. The summed E-state index contributed by atoms with van der Waals surface area (Å²) in [5.74, 6) is 0.00195. The summed E-state index contributed by atoms with van der Waals surface area (Å²) in [6, 6.07) is 20.1. The fourth-order valence-corrected chi connectivity index (χ4v) is 4.05. The first kappa shape index (κ1) is 18.6. The number of halogens is 1. The fourth-order valence-electron chi connectivity index (χ4n) is 4.05. The van der Waals surface area contributed by atoms with Crippen LogP contribution >= 0.6 is 0 Å². The van der Waals surface area contributed by atoms with Crippen LogP contribution in [0.2, 0.25) is 0 Å². The van der Waals surface area contributed by atoms with Crippen LogP contribution in [0.1, 0.15) is 5.56 Å². The third-order valence-electron chi connectivity index (χ3n) is 5.71. The number of rotatable bonds is 4. The Labute approximate surface area is 173 Å². The number of hydrogen-bond acceptors (Lipinski definition) is 5. The van der Waals surface area contributed by atoms with Crippen molar-refractivity contribution in [3.8, 4) is 17.0 Å². The van der Waals surface area contributed by atoms with Gasteiger partial charge in [0, 0.05) is 44.0 Å². The molecule has 1 aromatic heterocycles. The van der Waals surface area contributed by atoms with Crippen molar-refractivity contribution in [2.75, 3.05) is 31.1 Å². The van der Waals surface area contributed by atoms with Gasteiger partial charge in [0.2, 0.25) is 0 Å². The molecule has 0 spiro atoms. The zero-order chi connectivity index (χ0) is 20.5. The van der Waals surface area contributed by atoms with Gasteiger partial charge in [-0.25, -0.2) is 4.39 Å². The first-order valence-electron chi connectivity index (χ1n) is 10.1. The predicted octanol–water partition coefficient (Wildman–Crippen LogP) is 4.66. The van der Waals surface area contributed by atoms with Crippen molar-refractivity contribution in [2.24, 2.45) is 0 Å². The lowest BCUT2D eigenvalue weighted by Crippen LogP contribution is -2.46. The van der Waals surface area contributed by atoms with E-state index in [0.29, 0.717) is 12.1 Å². The number of benzene rings is 3. The van der Waals surface area contributed by atoms with E-state index >= 15 is 0 Å². The normalized spacial score (nSPS) is 15.0. The van der Waals surface area contributed by atoms with E-state index in [2.05, 4.69) is 15.0 Å². The lowest BCUT2D eigenvalue weighted by molar-refractivity contribution is 0.246. The van der Waals surface area contributed by atoms with Crippen LogP contribution in [0.3, 0.4) is 0 Å². The highest BCUT2D eigenvalue weighted by atomic mass is 19.1. The molecular weight excluding hydrogens is 381 g/mol. The van der Waals surface area contributed by atoms with Crippen LogP contribution in [0, 0.1) is 5.82 Å². The van der Waals surface area contributed by atoms with Crippen molar-refractivity contribution in [3.05, 3.63) is 78.1 Å². The van der Waals surface area contributed by atoms with Gasteiger partial charge in [0.25, 0.3) is 0 Å². The zero-order valence-electron chi connectivity index (χ0n) is 16.5. The Hall–Kier alpha value is -3.38. The molecule has 0 amide bonds. The third kappa shape index (κ3) is 3.50. The molecule has 3 aromatic carbocycles. The topological polar surface area (TPSA) is 52.7 Å². The first-order valence-corrected chi connectivity index (χ1v) is 10.1. The molecule has 1 fully saturated rings. The highest BCUT2D eigenvalue weighted by Gasteiger charge is 2.22. The minimum Gasteiger partial charge on any atom is -0.507 e. The Bertz CT molecular complexity index is 1150. The summed E-state index contributed by atoms with van der Waals surface area (Å²) in [6.07, 6.45) is 0. The summed E-state index contributed by atoms with van der Waals surface area (Å²) < 4.78 is 18.8. The maximum absolute atomic E-state index is 13.2. The van der Waals surface area contributed by atoms with Gasteiger partial charge in [0.05, 0.1) is 10.9 Å². The average molecular weight is 403 g/mol. The lowest BCUT2D eigenvalue weighted by Gasteiger charge is -2.36. The molecule has 2 heterocycles. The summed E-state index contributed by atoms with van der Waals surface area (Å²) in [5, 5.41) is 15.7. The van der Waals surface area contributed by atoms with Gasteiger partial charge in [-0.15, -0.1) is 0 Å². The third-order valence-corrected chi connectivity index (χ3v) is 5.71. The number of fused-ring (bicyclic) bond motifs is 1. The van der Waals surface area contributed by atoms with E-state index in [1.165, 1.54) is 12.1 Å². The Morgan fingerprint density at radius 1 is 0.900 bits per heavy atom. The molecule has 0 aliphatic carbocycles. The Morgan fingerprint density at radius 2 is 1.63 bits per heavy atom. The largest absolute Gasteiger partial charge is 0.507 e. The molecule has 1 saturated heterocycles. The van der Waals surface area contributed by atoms with E-state index < -0.39 is 0 Å². The van der Waals surface area contributed by atoms with E-state index in [1.807, 2.05) is 48.5 Å². The molecule has 0 atom stereocenters. The van der Waals surface area contributed by atoms with E-state index in [0.717, 1.165) is 54.1 Å². The summed E-state index contributed by atoms with van der Waals surface area (Å²) >= 11 is 0. The molecule has 0 radical (unpaired) electrons. The van der Waals surface area contributed by atoms with Crippen molar-refractivity contribution >= 4 is 16.7 Å². The Morgan fingerprint density at radius 3 is 2.37 bits per heavy atom. The molecule has 1 aliphatic heterocycles. The second-order valence-electron chi connectivity index (χ2n) is 7.58. The number of phenols is 1. The molecule has 0 bridgehead atoms. The van der Waals surface area contributed by atoms with Gasteiger partial charge in [0.15, 0.2) is 5.58 Å². The Balaban J connectivity index is 1.35. The van der Waals surface area contributed by atoms with Gasteiger partial charge in [-0.3, -0.25) is 4.90 Å². The molecule has 5 rings (SSSR count). The summed E-state index contributed by atoms with van der Waals surface area (Å²) in [6.45, 7) is 3.95. The standard InChI is InChI=1S/C24H22FN3O2/c25-18-6-8-19(9-7-18)28-14-12-27(13-15-28)16-21-22(29)11-10-20-23(26-30-24(20)21)17-4-2-1-3-5-17/h1-11,29H,12-16H2. The molecule has 5 nitrogen and oxygen atoms in total. The molecule has 0 saturated carbocycles. The minimum absolute atomic E-state index is 0.220. The van der Waals surface area contributed by atoms with Crippen molar-refractivity contribution < 1.29 is 14.0 Å². The zero-order valence-corrected chi connectivity index (χ0v) is 16.5. The number of aromatic hydroxyl groups is 1. The molecule has 4 aromatic rings. The monoisotopic (exact) mass is 403 g/mol. The molecule has 6 heteroatoms. The van der Waals surface area contributed by atoms with Crippen LogP contribution in [-0.4, -0.2) is 41.3 Å². The number of phenolic OH excluding ortho intramolecular Hbond substituents is 1. The fraction of sp³-hybridized carbons (Fsp3) is 0.208. The maximum atomic E-state index is 13.2. The highest BCUT2D eigenvalue weighted by molar-refractivity contribution is 5.94. The van der Waals surface area contributed by atoms with Gasteiger partial charge in [-0.05, 0) is 36.4 Å². The van der Waals surface area contributed by atoms with Crippen molar-refractivity contribution in [2.45, 2.75) is 6.54 Å². The van der Waals surface area contributed by atoms with Crippen LogP contribution in [0.5, 0.6) is 5.75 Å². The number of hydrogen-bond donors (Lipinski definition) is 1. The number of aromatic nitrogens is 1. The predicted molar refractivity (Wildman–Crippen MR) is 115 cm³/mol. The lowest BCUT2D eigenvalue weighted by atomic mass is 10.0. The van der Waals surface area contributed by atoms with Crippen LogP contribution in [-0.2, 0) is 6.54 Å². The number of nitrogens with zero attached hydrogens (tertiary/aromatic N) is 3. The molecule has 30 heavy (non-hydrogen) atoms. The average Bonchev–Trinajstić information content (AvgIpc) is 3.22. The second-order valence-corrected chi connectivity index (χ2v) is 7.58. The van der Waals surface area contributed by atoms with E-state index in [9.17, 15) is 9.50 Å². The number of piperazine rings is 1.